The summed E-state index contributed by atoms with van der Waals surface area (Å²) < 4.78 is 12.3. The summed E-state index contributed by atoms with van der Waals surface area (Å²) in [6.45, 7) is 0. The van der Waals surface area contributed by atoms with E-state index in [0.29, 0.717) is 27.3 Å². The first kappa shape index (κ1) is 14.9. The molecule has 2 aromatic rings. The first-order chi connectivity index (χ1) is 11.6. The first-order valence-electron chi connectivity index (χ1n) is 7.43. The van der Waals surface area contributed by atoms with Gasteiger partial charge < -0.3 is 9.87 Å². The number of hydrogen-bond donors (Lipinski definition) is 1. The molecular weight excluding hydrogens is 322 g/mol. The van der Waals surface area contributed by atoms with E-state index >= 15 is 0 Å². The van der Waals surface area contributed by atoms with Gasteiger partial charge in [-0.15, -0.1) is 0 Å². The van der Waals surface area contributed by atoms with Gasteiger partial charge in [-0.3, -0.25) is 9.59 Å². The number of rotatable bonds is 2. The molecule has 2 aliphatic rings. The van der Waals surface area contributed by atoms with Crippen LogP contribution in [-0.2, 0) is 16.0 Å². The van der Waals surface area contributed by atoms with E-state index in [1.54, 1.807) is 24.3 Å². The summed E-state index contributed by atoms with van der Waals surface area (Å²) >= 11 is -1.40. The molecule has 1 amide bonds. The molecule has 1 unspecified atom stereocenters. The van der Waals surface area contributed by atoms with Crippen molar-refractivity contribution in [1.82, 2.24) is 5.32 Å². The van der Waals surface area contributed by atoms with Gasteiger partial charge in [-0.1, -0.05) is 48.5 Å². The fourth-order valence-corrected chi connectivity index (χ4v) is 4.16. The molecule has 0 saturated heterocycles. The number of Topliss-reactive ketones (excluding diaryl/α,β-unsaturated/α-hetero) is 1. The molecular formula is C19H13NO3S. The Hall–Kier alpha value is -2.63. The molecule has 0 saturated carbocycles. The maximum atomic E-state index is 13.0. The van der Waals surface area contributed by atoms with Gasteiger partial charge in [-0.05, 0) is 22.8 Å². The topological polar surface area (TPSA) is 69.2 Å². The Bertz CT molecular complexity index is 942. The van der Waals surface area contributed by atoms with E-state index in [2.05, 4.69) is 5.32 Å². The summed E-state index contributed by atoms with van der Waals surface area (Å²) in [6.07, 6.45) is 1.53. The van der Waals surface area contributed by atoms with Gasteiger partial charge in [0.2, 0.25) is 0 Å². The average Bonchev–Trinajstić information content (AvgIpc) is 2.93. The number of carbonyl (C=O) groups is 2. The van der Waals surface area contributed by atoms with Crippen molar-refractivity contribution in [3.63, 3.8) is 0 Å². The normalized spacial score (nSPS) is 17.6. The van der Waals surface area contributed by atoms with Gasteiger partial charge >= 0.3 is 0 Å². The number of amides is 1. The quantitative estimate of drug-likeness (QED) is 0.858. The average molecular weight is 335 g/mol. The summed E-state index contributed by atoms with van der Waals surface area (Å²) in [6, 6.07) is 16.2. The van der Waals surface area contributed by atoms with Gasteiger partial charge in [0.05, 0.1) is 11.3 Å². The third kappa shape index (κ3) is 2.06. The minimum Gasteiger partial charge on any atom is -0.612 e. The van der Waals surface area contributed by atoms with Crippen LogP contribution >= 0.6 is 0 Å². The third-order valence-electron chi connectivity index (χ3n) is 4.19. The van der Waals surface area contributed by atoms with E-state index in [-0.39, 0.29) is 17.3 Å². The molecule has 2 aromatic carbocycles. The van der Waals surface area contributed by atoms with E-state index in [4.69, 9.17) is 0 Å². The van der Waals surface area contributed by atoms with Gasteiger partial charge in [0.25, 0.3) is 5.91 Å². The Balaban J connectivity index is 2.08. The van der Waals surface area contributed by atoms with Crippen LogP contribution in [0.25, 0.3) is 10.6 Å². The summed E-state index contributed by atoms with van der Waals surface area (Å²) in [5.74, 6) is -0.594. The fraction of sp³-hybridized carbons (Fsp3) is 0.0526. The number of hydrogen-bond acceptors (Lipinski definition) is 3. The van der Waals surface area contributed by atoms with E-state index < -0.39 is 11.2 Å². The predicted molar refractivity (Wildman–Crippen MR) is 93.3 cm³/mol. The van der Waals surface area contributed by atoms with Gasteiger partial charge in [0.15, 0.2) is 10.7 Å². The zero-order valence-electron chi connectivity index (χ0n) is 12.8. The molecule has 0 spiro atoms. The van der Waals surface area contributed by atoms with Crippen molar-refractivity contribution < 1.29 is 14.1 Å². The van der Waals surface area contributed by atoms with Crippen LogP contribution in [0.2, 0.25) is 0 Å². The standard InChI is InChI=1S/C19H13NO3S/c1-24(23)18-13-10-6-5-9-12(13)17(21)14-15(18)19(22)20-16(14)11-7-3-2-4-8-11/h2-10H,1H3,(H,20,22). The van der Waals surface area contributed by atoms with Crippen molar-refractivity contribution in [2.45, 2.75) is 0 Å². The largest absolute Gasteiger partial charge is 0.612 e. The molecule has 4 nitrogen and oxygen atoms in total. The maximum Gasteiger partial charge on any atom is 0.261 e. The van der Waals surface area contributed by atoms with Crippen LogP contribution in [0.5, 0.6) is 0 Å². The highest BCUT2D eigenvalue weighted by molar-refractivity contribution is 8.00. The van der Waals surface area contributed by atoms with Crippen LogP contribution in [0.3, 0.4) is 0 Å². The first-order valence-corrected chi connectivity index (χ1v) is 8.98. The van der Waals surface area contributed by atoms with E-state index in [0.717, 1.165) is 5.56 Å². The second-order valence-corrected chi connectivity index (χ2v) is 6.92. The zero-order valence-corrected chi connectivity index (χ0v) is 13.6. The lowest BCUT2D eigenvalue weighted by atomic mass is 9.86. The molecule has 0 radical (unpaired) electrons. The van der Waals surface area contributed by atoms with Crippen LogP contribution in [0.4, 0.5) is 0 Å². The fourth-order valence-electron chi connectivity index (χ4n) is 3.19. The van der Waals surface area contributed by atoms with Gasteiger partial charge in [-0.2, -0.15) is 0 Å². The second kappa shape index (κ2) is 5.47. The summed E-state index contributed by atoms with van der Waals surface area (Å²) in [5, 5.41) is 2.79. The van der Waals surface area contributed by atoms with Crippen LogP contribution in [0.1, 0.15) is 21.5 Å². The van der Waals surface area contributed by atoms with Gasteiger partial charge in [0.1, 0.15) is 11.8 Å². The highest BCUT2D eigenvalue weighted by atomic mass is 32.2. The van der Waals surface area contributed by atoms with E-state index in [1.165, 1.54) is 6.26 Å². The monoisotopic (exact) mass is 335 g/mol. The highest BCUT2D eigenvalue weighted by Gasteiger charge is 2.43. The maximum absolute atomic E-state index is 13.0. The molecule has 4 rings (SSSR count). The Morgan fingerprint density at radius 3 is 2.17 bits per heavy atom. The van der Waals surface area contributed by atoms with Crippen molar-refractivity contribution in [3.8, 4) is 0 Å². The molecule has 1 heterocycles. The van der Waals surface area contributed by atoms with Crippen LogP contribution in [-0.4, -0.2) is 22.5 Å². The van der Waals surface area contributed by atoms with Gasteiger partial charge in [0, 0.05) is 11.1 Å². The Labute approximate surface area is 142 Å². The summed E-state index contributed by atoms with van der Waals surface area (Å²) in [7, 11) is 0. The third-order valence-corrected chi connectivity index (χ3v) is 5.18. The molecule has 0 fully saturated rings. The molecule has 5 heteroatoms. The van der Waals surface area contributed by atoms with Crippen molar-refractivity contribution in [2.24, 2.45) is 0 Å². The van der Waals surface area contributed by atoms with Crippen molar-refractivity contribution in [2.75, 3.05) is 6.26 Å². The van der Waals surface area contributed by atoms with Crippen LogP contribution < -0.4 is 5.32 Å². The summed E-state index contributed by atoms with van der Waals surface area (Å²) in [4.78, 5) is 26.0. The molecule has 1 atom stereocenters. The lowest BCUT2D eigenvalue weighted by molar-refractivity contribution is -0.115. The second-order valence-electron chi connectivity index (χ2n) is 5.60. The molecule has 1 N–H and O–H groups in total. The Kier molecular flexibility index (Phi) is 3.40. The summed E-state index contributed by atoms with van der Waals surface area (Å²) in [5.41, 5.74) is 2.84. The zero-order chi connectivity index (χ0) is 16.8. The molecule has 0 bridgehead atoms. The number of ketones is 1. The van der Waals surface area contributed by atoms with Crippen molar-refractivity contribution in [3.05, 3.63) is 82.4 Å². The Morgan fingerprint density at radius 2 is 1.50 bits per heavy atom. The smallest absolute Gasteiger partial charge is 0.261 e. The number of nitrogens with one attached hydrogen (secondary N) is 1. The molecule has 118 valence electrons. The molecule has 0 aromatic heterocycles. The molecule has 1 aliphatic heterocycles. The SMILES string of the molecule is C[S+]([O-])C1=C2C(=O)NC(c3ccccc3)=C2C(=O)c2ccccc21. The lowest BCUT2D eigenvalue weighted by Gasteiger charge is -2.20. The van der Waals surface area contributed by atoms with Crippen molar-refractivity contribution >= 4 is 33.5 Å². The number of carbonyl (C=O) groups excluding carboxylic acids is 2. The predicted octanol–water partition coefficient (Wildman–Crippen LogP) is 2.51. The minimum absolute atomic E-state index is 0.216. The highest BCUT2D eigenvalue weighted by Crippen LogP contribution is 2.42. The van der Waals surface area contributed by atoms with Gasteiger partial charge in [-0.25, -0.2) is 0 Å². The minimum atomic E-state index is -1.40. The van der Waals surface area contributed by atoms with Crippen LogP contribution in [0.15, 0.2) is 65.7 Å². The number of fused-ring (bicyclic) bond motifs is 2. The molecule has 1 aliphatic carbocycles. The van der Waals surface area contributed by atoms with E-state index in [9.17, 15) is 14.1 Å². The van der Waals surface area contributed by atoms with Crippen molar-refractivity contribution in [1.29, 1.82) is 0 Å². The molecule has 24 heavy (non-hydrogen) atoms. The van der Waals surface area contributed by atoms with E-state index in [1.807, 2.05) is 30.3 Å². The van der Waals surface area contributed by atoms with Crippen LogP contribution in [0, 0.1) is 0 Å². The lowest BCUT2D eigenvalue weighted by Crippen LogP contribution is -2.22. The Morgan fingerprint density at radius 1 is 0.875 bits per heavy atom. The number of benzene rings is 2.